The van der Waals surface area contributed by atoms with E-state index in [1.807, 2.05) is 24.3 Å². The van der Waals surface area contributed by atoms with Crippen LogP contribution in [0, 0.1) is 0 Å². The summed E-state index contributed by atoms with van der Waals surface area (Å²) in [4.78, 5) is 0. The predicted molar refractivity (Wildman–Crippen MR) is 83.0 cm³/mol. The van der Waals surface area contributed by atoms with Crippen LogP contribution >= 0.6 is 0 Å². The standard InChI is InChI=1S/C16H25NO4/c1-3-11-20-13-14(18)8-9-17-10-12-21-16-7-5-4-6-15(16)19-2/h3-7,14,17-18H,1,8-13H2,2H3/t14-/m0/s1. The van der Waals surface area contributed by atoms with Gasteiger partial charge in [-0.05, 0) is 25.1 Å². The van der Waals surface area contributed by atoms with Gasteiger partial charge in [0.15, 0.2) is 11.5 Å². The molecule has 0 aliphatic heterocycles. The van der Waals surface area contributed by atoms with Crippen molar-refractivity contribution in [3.63, 3.8) is 0 Å². The van der Waals surface area contributed by atoms with Crippen molar-refractivity contribution in [3.05, 3.63) is 36.9 Å². The lowest BCUT2D eigenvalue weighted by atomic mass is 10.2. The maximum atomic E-state index is 9.63. The molecule has 2 N–H and O–H groups in total. The number of rotatable bonds is 12. The molecule has 1 aromatic rings. The highest BCUT2D eigenvalue weighted by atomic mass is 16.5. The minimum Gasteiger partial charge on any atom is -0.493 e. The van der Waals surface area contributed by atoms with Crippen molar-refractivity contribution in [1.29, 1.82) is 0 Å². The van der Waals surface area contributed by atoms with Crippen LogP contribution in [0.3, 0.4) is 0 Å². The molecule has 0 spiro atoms. The van der Waals surface area contributed by atoms with Gasteiger partial charge in [-0.1, -0.05) is 18.2 Å². The molecule has 0 fully saturated rings. The first kappa shape index (κ1) is 17.5. The third kappa shape index (κ3) is 7.70. The quantitative estimate of drug-likeness (QED) is 0.453. The molecule has 0 amide bonds. The lowest BCUT2D eigenvalue weighted by Gasteiger charge is -2.12. The number of aliphatic hydroxyl groups is 1. The number of aliphatic hydroxyl groups excluding tert-OH is 1. The van der Waals surface area contributed by atoms with Gasteiger partial charge in [0.2, 0.25) is 0 Å². The summed E-state index contributed by atoms with van der Waals surface area (Å²) >= 11 is 0. The SMILES string of the molecule is C=CCOC[C@@H](O)CCNCCOc1ccccc1OC. The van der Waals surface area contributed by atoms with Crippen molar-refractivity contribution in [2.45, 2.75) is 12.5 Å². The first-order chi connectivity index (χ1) is 10.3. The monoisotopic (exact) mass is 295 g/mol. The third-order valence-electron chi connectivity index (χ3n) is 2.81. The number of hydrogen-bond donors (Lipinski definition) is 2. The van der Waals surface area contributed by atoms with Gasteiger partial charge in [-0.15, -0.1) is 6.58 Å². The number of benzene rings is 1. The van der Waals surface area contributed by atoms with E-state index in [9.17, 15) is 5.11 Å². The summed E-state index contributed by atoms with van der Waals surface area (Å²) in [6.07, 6.45) is 1.86. The van der Waals surface area contributed by atoms with Crippen LogP contribution in [0.4, 0.5) is 0 Å². The zero-order chi connectivity index (χ0) is 15.3. The molecular formula is C16H25NO4. The topological polar surface area (TPSA) is 60.0 Å². The lowest BCUT2D eigenvalue weighted by Crippen LogP contribution is -2.27. The van der Waals surface area contributed by atoms with Crippen LogP contribution < -0.4 is 14.8 Å². The van der Waals surface area contributed by atoms with E-state index >= 15 is 0 Å². The Morgan fingerprint density at radius 1 is 1.29 bits per heavy atom. The minimum absolute atomic E-state index is 0.339. The van der Waals surface area contributed by atoms with E-state index in [4.69, 9.17) is 14.2 Å². The van der Waals surface area contributed by atoms with Crippen LogP contribution in [0.1, 0.15) is 6.42 Å². The Labute approximate surface area is 126 Å². The second-order valence-corrected chi connectivity index (χ2v) is 4.52. The second kappa shape index (κ2) is 11.1. The average molecular weight is 295 g/mol. The Balaban J connectivity index is 2.05. The highest BCUT2D eigenvalue weighted by Crippen LogP contribution is 2.25. The van der Waals surface area contributed by atoms with Crippen LogP contribution in [-0.2, 0) is 4.74 Å². The van der Waals surface area contributed by atoms with Crippen molar-refractivity contribution in [3.8, 4) is 11.5 Å². The van der Waals surface area contributed by atoms with E-state index in [0.717, 1.165) is 11.5 Å². The Morgan fingerprint density at radius 3 is 2.76 bits per heavy atom. The molecule has 5 heteroatoms. The zero-order valence-corrected chi connectivity index (χ0v) is 12.6. The lowest BCUT2D eigenvalue weighted by molar-refractivity contribution is 0.0447. The van der Waals surface area contributed by atoms with Crippen LogP contribution in [0.25, 0.3) is 0 Å². The first-order valence-corrected chi connectivity index (χ1v) is 7.11. The normalized spacial score (nSPS) is 11.9. The number of hydrogen-bond acceptors (Lipinski definition) is 5. The molecule has 0 aromatic heterocycles. The summed E-state index contributed by atoms with van der Waals surface area (Å²) < 4.78 is 16.0. The summed E-state index contributed by atoms with van der Waals surface area (Å²) in [6.45, 7) is 6.32. The molecule has 0 heterocycles. The fraction of sp³-hybridized carbons (Fsp3) is 0.500. The van der Waals surface area contributed by atoms with E-state index in [0.29, 0.717) is 39.3 Å². The highest BCUT2D eigenvalue weighted by Gasteiger charge is 2.04. The van der Waals surface area contributed by atoms with Crippen LogP contribution in [-0.4, -0.2) is 51.2 Å². The second-order valence-electron chi connectivity index (χ2n) is 4.52. The first-order valence-electron chi connectivity index (χ1n) is 7.11. The van der Waals surface area contributed by atoms with Gasteiger partial charge in [-0.3, -0.25) is 0 Å². The maximum absolute atomic E-state index is 9.63. The van der Waals surface area contributed by atoms with E-state index in [1.165, 1.54) is 0 Å². The Kier molecular flexibility index (Phi) is 9.28. The van der Waals surface area contributed by atoms with Gasteiger partial charge in [-0.2, -0.15) is 0 Å². The van der Waals surface area contributed by atoms with Gasteiger partial charge in [0.05, 0.1) is 26.4 Å². The van der Waals surface area contributed by atoms with Crippen LogP contribution in [0.2, 0.25) is 0 Å². The molecule has 1 rings (SSSR count). The number of nitrogens with one attached hydrogen (secondary N) is 1. The number of ether oxygens (including phenoxy) is 3. The maximum Gasteiger partial charge on any atom is 0.161 e. The zero-order valence-electron chi connectivity index (χ0n) is 12.6. The van der Waals surface area contributed by atoms with Crippen molar-refractivity contribution >= 4 is 0 Å². The average Bonchev–Trinajstić information content (AvgIpc) is 2.51. The molecule has 0 aliphatic carbocycles. The molecule has 0 unspecified atom stereocenters. The smallest absolute Gasteiger partial charge is 0.161 e. The molecule has 0 radical (unpaired) electrons. The van der Waals surface area contributed by atoms with E-state index in [2.05, 4.69) is 11.9 Å². The highest BCUT2D eigenvalue weighted by molar-refractivity contribution is 5.39. The molecule has 5 nitrogen and oxygen atoms in total. The predicted octanol–water partition coefficient (Wildman–Crippen LogP) is 1.62. The molecule has 0 aliphatic rings. The Bertz CT molecular complexity index is 398. The number of para-hydroxylation sites is 2. The van der Waals surface area contributed by atoms with Gasteiger partial charge in [0.25, 0.3) is 0 Å². The molecule has 118 valence electrons. The van der Waals surface area contributed by atoms with E-state index in [-0.39, 0.29) is 0 Å². The van der Waals surface area contributed by atoms with Crippen LogP contribution in [0.5, 0.6) is 11.5 Å². The minimum atomic E-state index is -0.451. The van der Waals surface area contributed by atoms with Gasteiger partial charge in [-0.25, -0.2) is 0 Å². The Morgan fingerprint density at radius 2 is 2.05 bits per heavy atom. The van der Waals surface area contributed by atoms with Crippen molar-refractivity contribution in [1.82, 2.24) is 5.32 Å². The van der Waals surface area contributed by atoms with Crippen molar-refractivity contribution < 1.29 is 19.3 Å². The van der Waals surface area contributed by atoms with Gasteiger partial charge in [0, 0.05) is 6.54 Å². The molecule has 1 aromatic carbocycles. The summed E-state index contributed by atoms with van der Waals surface area (Å²) in [7, 11) is 1.62. The van der Waals surface area contributed by atoms with Gasteiger partial charge >= 0.3 is 0 Å². The van der Waals surface area contributed by atoms with E-state index in [1.54, 1.807) is 13.2 Å². The fourth-order valence-electron chi connectivity index (χ4n) is 1.74. The van der Waals surface area contributed by atoms with Crippen molar-refractivity contribution in [2.24, 2.45) is 0 Å². The molecule has 1 atom stereocenters. The summed E-state index contributed by atoms with van der Waals surface area (Å²) in [5.74, 6) is 1.46. The molecule has 0 bridgehead atoms. The molecule has 0 saturated carbocycles. The van der Waals surface area contributed by atoms with Crippen molar-refractivity contribution in [2.75, 3.05) is 40.0 Å². The van der Waals surface area contributed by atoms with Gasteiger partial charge < -0.3 is 24.6 Å². The summed E-state index contributed by atoms with van der Waals surface area (Å²) in [6, 6.07) is 7.55. The van der Waals surface area contributed by atoms with Gasteiger partial charge in [0.1, 0.15) is 6.61 Å². The van der Waals surface area contributed by atoms with Crippen LogP contribution in [0.15, 0.2) is 36.9 Å². The molecule has 0 saturated heterocycles. The Hall–Kier alpha value is -1.56. The molecule has 21 heavy (non-hydrogen) atoms. The summed E-state index contributed by atoms with van der Waals surface area (Å²) in [5, 5.41) is 12.8. The third-order valence-corrected chi connectivity index (χ3v) is 2.81. The molecular weight excluding hydrogens is 270 g/mol. The largest absolute Gasteiger partial charge is 0.493 e. The number of methoxy groups -OCH3 is 1. The van der Waals surface area contributed by atoms with E-state index < -0.39 is 6.10 Å². The summed E-state index contributed by atoms with van der Waals surface area (Å²) in [5.41, 5.74) is 0. The fourth-order valence-corrected chi connectivity index (χ4v) is 1.74.